The van der Waals surface area contributed by atoms with Gasteiger partial charge in [-0.1, -0.05) is 36.4 Å². The lowest BCUT2D eigenvalue weighted by atomic mass is 9.90. The van der Waals surface area contributed by atoms with E-state index in [9.17, 15) is 23.2 Å². The number of hydrogen-bond acceptors (Lipinski definition) is 7. The maximum absolute atomic E-state index is 14.5. The number of rotatable bonds is 8. The minimum Gasteiger partial charge on any atom is -0.348 e. The van der Waals surface area contributed by atoms with Gasteiger partial charge in [-0.3, -0.25) is 14.2 Å². The molecule has 2 aromatic carbocycles. The Bertz CT molecular complexity index is 2390. The van der Waals surface area contributed by atoms with Crippen LogP contribution in [0.1, 0.15) is 47.8 Å². The lowest BCUT2D eigenvalue weighted by molar-refractivity contribution is 0.0917. The number of halogens is 2. The molecule has 1 saturated carbocycles. The average Bonchev–Trinajstić information content (AvgIpc) is 3.59. The van der Waals surface area contributed by atoms with Gasteiger partial charge >= 0.3 is 5.69 Å². The Kier molecular flexibility index (Phi) is 9.20. The number of aromatic nitrogens is 5. The average molecular weight is 705 g/mol. The van der Waals surface area contributed by atoms with Gasteiger partial charge in [-0.15, -0.1) is 0 Å². The maximum atomic E-state index is 14.5. The molecule has 8 rings (SSSR count). The first-order valence-electron chi connectivity index (χ1n) is 17.7. The highest BCUT2D eigenvalue weighted by Gasteiger charge is 2.29. The number of fused-ring (bicyclic) bond motifs is 2. The maximum Gasteiger partial charge on any atom is 0.337 e. The molecule has 2 N–H and O–H groups in total. The van der Waals surface area contributed by atoms with Gasteiger partial charge in [-0.25, -0.2) is 28.1 Å². The molecule has 0 atom stereocenters. The molecule has 13 heteroatoms. The molecule has 4 aromatic heterocycles. The molecule has 1 aliphatic heterocycles. The van der Waals surface area contributed by atoms with Crippen LogP contribution in [-0.4, -0.2) is 73.1 Å². The molecule has 1 amide bonds. The minimum atomic E-state index is -0.673. The van der Waals surface area contributed by atoms with Crippen molar-refractivity contribution in [1.82, 2.24) is 39.0 Å². The first-order valence-corrected chi connectivity index (χ1v) is 17.7. The summed E-state index contributed by atoms with van der Waals surface area (Å²) in [6, 6.07) is 19.1. The van der Waals surface area contributed by atoms with Gasteiger partial charge < -0.3 is 19.9 Å². The van der Waals surface area contributed by atoms with Gasteiger partial charge in [0.25, 0.3) is 11.5 Å². The predicted molar refractivity (Wildman–Crippen MR) is 194 cm³/mol. The highest BCUT2D eigenvalue weighted by atomic mass is 19.1. The molecule has 2 aliphatic rings. The van der Waals surface area contributed by atoms with Crippen molar-refractivity contribution in [2.45, 2.75) is 44.2 Å². The number of hydrogen-bond donors (Lipinski definition) is 2. The van der Waals surface area contributed by atoms with E-state index in [1.165, 1.54) is 43.6 Å². The van der Waals surface area contributed by atoms with E-state index in [2.05, 4.69) is 49.8 Å². The lowest BCUT2D eigenvalue weighted by Gasteiger charge is -2.30. The first-order chi connectivity index (χ1) is 25.3. The molecule has 0 bridgehead atoms. The van der Waals surface area contributed by atoms with E-state index < -0.39 is 28.9 Å². The molecule has 1 saturated heterocycles. The summed E-state index contributed by atoms with van der Waals surface area (Å²) < 4.78 is 32.2. The Balaban J connectivity index is 1.04. The quantitative estimate of drug-likeness (QED) is 0.240. The molecule has 266 valence electrons. The van der Waals surface area contributed by atoms with Gasteiger partial charge in [-0.05, 0) is 79.1 Å². The van der Waals surface area contributed by atoms with E-state index in [1.54, 1.807) is 6.07 Å². The van der Waals surface area contributed by atoms with Gasteiger partial charge in [0.2, 0.25) is 0 Å². The van der Waals surface area contributed by atoms with Crippen molar-refractivity contribution in [3.05, 3.63) is 129 Å². The number of carbonyl (C=O) groups is 1. The van der Waals surface area contributed by atoms with Crippen LogP contribution in [0.25, 0.3) is 33.5 Å². The van der Waals surface area contributed by atoms with Crippen molar-refractivity contribution < 1.29 is 13.6 Å². The summed E-state index contributed by atoms with van der Waals surface area (Å²) in [4.78, 5) is 52.1. The third-order valence-electron chi connectivity index (χ3n) is 10.3. The summed E-state index contributed by atoms with van der Waals surface area (Å²) in [6.07, 6.45) is 6.58. The van der Waals surface area contributed by atoms with Crippen LogP contribution >= 0.6 is 0 Å². The fourth-order valence-electron chi connectivity index (χ4n) is 7.46. The highest BCUT2D eigenvalue weighted by Crippen LogP contribution is 2.29. The van der Waals surface area contributed by atoms with Gasteiger partial charge in [-0.2, -0.15) is 0 Å². The molecule has 52 heavy (non-hydrogen) atoms. The van der Waals surface area contributed by atoms with E-state index in [1.807, 2.05) is 18.2 Å². The molecule has 5 heterocycles. The molecule has 1 aliphatic carbocycles. The number of nitrogens with one attached hydrogen (secondary N) is 2. The van der Waals surface area contributed by atoms with Crippen molar-refractivity contribution >= 4 is 22.6 Å². The molecule has 11 nitrogen and oxygen atoms in total. The number of nitrogens with zero attached hydrogens (tertiary/aromatic N) is 6. The SMILES string of the molecule is O=C(N[C@H]1CC[C@@H](n2c(=O)c3cc(F)cnc3n(-c3cccc(-c4ccc(CCN5CCNCC5)cc4)c3)c2=O)CC1)c1cn2cc(F)ccc2n1. The second-order valence-corrected chi connectivity index (χ2v) is 13.6. The normalized spacial score (nSPS) is 18.2. The van der Waals surface area contributed by atoms with Crippen LogP contribution in [0.3, 0.4) is 0 Å². The number of benzene rings is 2. The number of carbonyl (C=O) groups excluding carboxylic acids is 1. The monoisotopic (exact) mass is 704 g/mol. The summed E-state index contributed by atoms with van der Waals surface area (Å²) in [7, 11) is 0. The summed E-state index contributed by atoms with van der Waals surface area (Å²) in [5, 5.41) is 6.39. The van der Waals surface area contributed by atoms with E-state index in [0.717, 1.165) is 62.5 Å². The van der Waals surface area contributed by atoms with Crippen molar-refractivity contribution in [2.75, 3.05) is 32.7 Å². The van der Waals surface area contributed by atoms with Crippen LogP contribution in [0.2, 0.25) is 0 Å². The molecule has 0 unspecified atom stereocenters. The molecule has 0 spiro atoms. The second kappa shape index (κ2) is 14.2. The van der Waals surface area contributed by atoms with Gasteiger partial charge in [0.15, 0.2) is 5.65 Å². The zero-order chi connectivity index (χ0) is 35.8. The van der Waals surface area contributed by atoms with Crippen molar-refractivity contribution in [3.8, 4) is 16.8 Å². The van der Waals surface area contributed by atoms with Crippen LogP contribution in [0.4, 0.5) is 8.78 Å². The molecular formula is C39H38F2N8O3. The van der Waals surface area contributed by atoms with E-state index in [4.69, 9.17) is 0 Å². The number of imidazole rings is 1. The summed E-state index contributed by atoms with van der Waals surface area (Å²) >= 11 is 0. The first kappa shape index (κ1) is 33.6. The van der Waals surface area contributed by atoms with Crippen molar-refractivity contribution in [1.29, 1.82) is 0 Å². The van der Waals surface area contributed by atoms with Crippen molar-refractivity contribution in [2.24, 2.45) is 0 Å². The Labute approximate surface area is 297 Å². The van der Waals surface area contributed by atoms with E-state index in [0.29, 0.717) is 37.0 Å². The standard InChI is InChI=1S/C39H38F2N8O3/c40-28-8-13-35-45-34(24-47(35)23-28)37(50)44-30-9-11-31(12-10-30)49-38(51)33-21-29(41)22-43-36(33)48(39(49)52)32-3-1-2-27(20-32)26-6-4-25(5-7-26)14-17-46-18-15-42-16-19-46/h1-8,13,20-24,30-31,42H,9-12,14-19H2,(H,44,50)/t30-,31+. The van der Waals surface area contributed by atoms with Gasteiger partial charge in [0, 0.05) is 57.2 Å². The topological polar surface area (TPSA) is 119 Å². The summed E-state index contributed by atoms with van der Waals surface area (Å²) in [5.74, 6) is -1.50. The van der Waals surface area contributed by atoms with Crippen molar-refractivity contribution in [3.63, 3.8) is 0 Å². The van der Waals surface area contributed by atoms with Gasteiger partial charge in [0.1, 0.15) is 23.0 Å². The Morgan fingerprint density at radius 2 is 1.67 bits per heavy atom. The second-order valence-electron chi connectivity index (χ2n) is 13.6. The largest absolute Gasteiger partial charge is 0.348 e. The van der Waals surface area contributed by atoms with Crippen LogP contribution < -0.4 is 21.9 Å². The molecular weight excluding hydrogens is 666 g/mol. The van der Waals surface area contributed by atoms with Crippen LogP contribution in [0.5, 0.6) is 0 Å². The Morgan fingerprint density at radius 1 is 0.885 bits per heavy atom. The Hall–Kier alpha value is -5.53. The zero-order valence-corrected chi connectivity index (χ0v) is 28.5. The minimum absolute atomic E-state index is 0.0116. The fourth-order valence-corrected chi connectivity index (χ4v) is 7.46. The lowest BCUT2D eigenvalue weighted by Crippen LogP contribution is -2.45. The zero-order valence-electron chi connectivity index (χ0n) is 28.5. The smallest absolute Gasteiger partial charge is 0.337 e. The van der Waals surface area contributed by atoms with Crippen LogP contribution in [0.15, 0.2) is 94.9 Å². The third-order valence-corrected chi connectivity index (χ3v) is 10.3. The number of amides is 1. The van der Waals surface area contributed by atoms with E-state index >= 15 is 0 Å². The third kappa shape index (κ3) is 6.76. The molecule has 2 fully saturated rings. The Morgan fingerprint density at radius 3 is 2.46 bits per heavy atom. The number of pyridine rings is 2. The van der Waals surface area contributed by atoms with Gasteiger partial charge in [0.05, 0.1) is 17.3 Å². The number of piperazine rings is 1. The molecule has 6 aromatic rings. The summed E-state index contributed by atoms with van der Waals surface area (Å²) in [6.45, 7) is 5.17. The fraction of sp³-hybridized carbons (Fsp3) is 0.308. The van der Waals surface area contributed by atoms with Crippen LogP contribution in [-0.2, 0) is 6.42 Å². The highest BCUT2D eigenvalue weighted by molar-refractivity contribution is 5.93. The predicted octanol–water partition coefficient (Wildman–Crippen LogP) is 4.50. The van der Waals surface area contributed by atoms with Crippen LogP contribution in [0, 0.1) is 11.6 Å². The molecule has 0 radical (unpaired) electrons. The van der Waals surface area contributed by atoms with E-state index in [-0.39, 0.29) is 28.7 Å². The summed E-state index contributed by atoms with van der Waals surface area (Å²) in [5.41, 5.74) is 3.18.